The molecule has 4 nitrogen and oxygen atoms in total. The quantitative estimate of drug-likeness (QED) is 0.800. The molecule has 126 valence electrons. The molecule has 0 radical (unpaired) electrons. The molecule has 0 bridgehead atoms. The van der Waals surface area contributed by atoms with Gasteiger partial charge in [0.15, 0.2) is 0 Å². The molecular weight excluding hydrogens is 276 g/mol. The van der Waals surface area contributed by atoms with E-state index in [0.29, 0.717) is 12.1 Å². The predicted molar refractivity (Wildman–Crippen MR) is 89.9 cm³/mol. The van der Waals surface area contributed by atoms with Gasteiger partial charge < -0.3 is 14.5 Å². The zero-order valence-corrected chi connectivity index (χ0v) is 14.6. The van der Waals surface area contributed by atoms with Crippen molar-refractivity contribution >= 4 is 0 Å². The summed E-state index contributed by atoms with van der Waals surface area (Å²) in [5.74, 6) is 1.04. The van der Waals surface area contributed by atoms with Crippen LogP contribution in [-0.2, 0) is 11.3 Å². The second-order valence-electron chi connectivity index (χ2n) is 7.00. The molecule has 1 aliphatic heterocycles. The van der Waals surface area contributed by atoms with Crippen molar-refractivity contribution in [1.82, 2.24) is 10.2 Å². The van der Waals surface area contributed by atoms with E-state index in [4.69, 9.17) is 9.15 Å². The second-order valence-corrected chi connectivity index (χ2v) is 7.00. The topological polar surface area (TPSA) is 37.6 Å². The monoisotopic (exact) mass is 308 g/mol. The van der Waals surface area contributed by atoms with Crippen LogP contribution in [0.25, 0.3) is 0 Å². The molecule has 2 rings (SSSR count). The Kier molecular flexibility index (Phi) is 6.48. The molecule has 2 unspecified atom stereocenters. The van der Waals surface area contributed by atoms with Gasteiger partial charge in [-0.2, -0.15) is 0 Å². The van der Waals surface area contributed by atoms with Crippen LogP contribution >= 0.6 is 0 Å². The number of hydrogen-bond donors (Lipinski definition) is 1. The molecule has 4 heteroatoms. The van der Waals surface area contributed by atoms with E-state index in [2.05, 4.69) is 44.0 Å². The largest absolute Gasteiger partial charge is 0.468 e. The van der Waals surface area contributed by atoms with Crippen molar-refractivity contribution in [2.75, 3.05) is 26.3 Å². The van der Waals surface area contributed by atoms with Crippen LogP contribution in [0.3, 0.4) is 0 Å². The zero-order chi connectivity index (χ0) is 16.0. The van der Waals surface area contributed by atoms with Crippen LogP contribution in [0.5, 0.6) is 0 Å². The van der Waals surface area contributed by atoms with Crippen LogP contribution in [-0.4, -0.2) is 43.3 Å². The van der Waals surface area contributed by atoms with Crippen molar-refractivity contribution in [2.45, 2.75) is 59.2 Å². The summed E-state index contributed by atoms with van der Waals surface area (Å²) in [4.78, 5) is 2.45. The van der Waals surface area contributed by atoms with Gasteiger partial charge in [0.05, 0.1) is 19.4 Å². The summed E-state index contributed by atoms with van der Waals surface area (Å²) in [5.41, 5.74) is 0.266. The average Bonchev–Trinajstić information content (AvgIpc) is 3.01. The molecule has 0 aromatic carbocycles. The summed E-state index contributed by atoms with van der Waals surface area (Å²) >= 11 is 0. The van der Waals surface area contributed by atoms with Gasteiger partial charge in [-0.15, -0.1) is 0 Å². The highest BCUT2D eigenvalue weighted by Gasteiger charge is 2.35. The van der Waals surface area contributed by atoms with E-state index < -0.39 is 0 Å². The number of nitrogens with zero attached hydrogens (tertiary/aromatic N) is 1. The Morgan fingerprint density at radius 3 is 2.91 bits per heavy atom. The Bertz CT molecular complexity index is 419. The molecule has 2 heterocycles. The number of ether oxygens (including phenoxy) is 1. The van der Waals surface area contributed by atoms with E-state index in [1.165, 1.54) is 0 Å². The van der Waals surface area contributed by atoms with Crippen molar-refractivity contribution in [3.05, 3.63) is 24.2 Å². The maximum atomic E-state index is 5.68. The van der Waals surface area contributed by atoms with Crippen LogP contribution in [0.4, 0.5) is 0 Å². The normalized spacial score (nSPS) is 26.0. The lowest BCUT2D eigenvalue weighted by atomic mass is 9.77. The fourth-order valence-electron chi connectivity index (χ4n) is 3.16. The molecule has 1 aliphatic rings. The van der Waals surface area contributed by atoms with Gasteiger partial charge >= 0.3 is 0 Å². The number of rotatable bonds is 8. The fraction of sp³-hybridized carbons (Fsp3) is 0.778. The minimum Gasteiger partial charge on any atom is -0.468 e. The van der Waals surface area contributed by atoms with Crippen molar-refractivity contribution in [3.63, 3.8) is 0 Å². The molecular formula is C18H32N2O2. The van der Waals surface area contributed by atoms with Crippen LogP contribution in [0.2, 0.25) is 0 Å². The molecule has 0 aliphatic carbocycles. The lowest BCUT2D eigenvalue weighted by Crippen LogP contribution is -2.51. The van der Waals surface area contributed by atoms with Crippen LogP contribution in [0, 0.1) is 5.41 Å². The first-order valence-corrected chi connectivity index (χ1v) is 8.62. The van der Waals surface area contributed by atoms with Crippen LogP contribution < -0.4 is 5.32 Å². The molecule has 22 heavy (non-hydrogen) atoms. The molecule has 1 N–H and O–H groups in total. The molecule has 1 aromatic heterocycles. The van der Waals surface area contributed by atoms with Gasteiger partial charge in [0.25, 0.3) is 0 Å². The molecule has 1 saturated heterocycles. The van der Waals surface area contributed by atoms with Gasteiger partial charge in [-0.3, -0.25) is 4.90 Å². The summed E-state index contributed by atoms with van der Waals surface area (Å²) in [6.45, 7) is 13.8. The van der Waals surface area contributed by atoms with Gasteiger partial charge in [0.1, 0.15) is 5.76 Å². The predicted octanol–water partition coefficient (Wildman–Crippen LogP) is 3.28. The minimum absolute atomic E-state index is 0.266. The first-order valence-electron chi connectivity index (χ1n) is 8.62. The highest BCUT2D eigenvalue weighted by Crippen LogP contribution is 2.31. The van der Waals surface area contributed by atoms with Crippen LogP contribution in [0.1, 0.15) is 46.3 Å². The van der Waals surface area contributed by atoms with E-state index in [0.717, 1.165) is 51.4 Å². The summed E-state index contributed by atoms with van der Waals surface area (Å²) in [6, 6.07) is 5.08. The van der Waals surface area contributed by atoms with Gasteiger partial charge in [-0.1, -0.05) is 13.8 Å². The molecule has 2 atom stereocenters. The summed E-state index contributed by atoms with van der Waals surface area (Å²) in [5, 5.41) is 3.78. The Morgan fingerprint density at radius 2 is 2.27 bits per heavy atom. The van der Waals surface area contributed by atoms with E-state index >= 15 is 0 Å². The van der Waals surface area contributed by atoms with Crippen LogP contribution in [0.15, 0.2) is 22.8 Å². The van der Waals surface area contributed by atoms with E-state index in [1.807, 2.05) is 6.07 Å². The molecule has 0 amide bonds. The van der Waals surface area contributed by atoms with Crippen molar-refractivity contribution < 1.29 is 9.15 Å². The Morgan fingerprint density at radius 1 is 1.45 bits per heavy atom. The van der Waals surface area contributed by atoms with Gasteiger partial charge in [-0.25, -0.2) is 0 Å². The lowest BCUT2D eigenvalue weighted by molar-refractivity contribution is -0.0258. The second kappa shape index (κ2) is 8.14. The Labute approximate surface area is 135 Å². The Hall–Kier alpha value is -0.840. The van der Waals surface area contributed by atoms with E-state index in [9.17, 15) is 0 Å². The maximum absolute atomic E-state index is 5.68. The number of hydrogen-bond acceptors (Lipinski definition) is 4. The molecule has 1 fully saturated rings. The molecule has 1 aromatic rings. The number of furan rings is 1. The smallest absolute Gasteiger partial charge is 0.117 e. The lowest BCUT2D eigenvalue weighted by Gasteiger charge is -2.41. The highest BCUT2D eigenvalue weighted by molar-refractivity contribution is 4.98. The van der Waals surface area contributed by atoms with Gasteiger partial charge in [0, 0.05) is 37.2 Å². The van der Waals surface area contributed by atoms with Crippen molar-refractivity contribution in [3.8, 4) is 0 Å². The van der Waals surface area contributed by atoms with Gasteiger partial charge in [-0.05, 0) is 38.8 Å². The third kappa shape index (κ3) is 4.58. The molecule has 0 saturated carbocycles. The summed E-state index contributed by atoms with van der Waals surface area (Å²) in [6.07, 6.45) is 4.02. The standard InChI is InChI=1S/C18H32N2O2/c1-5-18(4)14-21-12-8-17(18)19-9-10-20(15(2)3)13-16-7-6-11-22-16/h6-7,11,15,17,19H,5,8-10,12-14H2,1-4H3. The van der Waals surface area contributed by atoms with Crippen molar-refractivity contribution in [2.24, 2.45) is 5.41 Å². The van der Waals surface area contributed by atoms with Crippen molar-refractivity contribution in [1.29, 1.82) is 0 Å². The third-order valence-electron chi connectivity index (χ3n) is 5.09. The van der Waals surface area contributed by atoms with Gasteiger partial charge in [0.2, 0.25) is 0 Å². The summed E-state index contributed by atoms with van der Waals surface area (Å²) < 4.78 is 11.2. The highest BCUT2D eigenvalue weighted by atomic mass is 16.5. The zero-order valence-electron chi connectivity index (χ0n) is 14.6. The average molecular weight is 308 g/mol. The maximum Gasteiger partial charge on any atom is 0.117 e. The van der Waals surface area contributed by atoms with E-state index in [1.54, 1.807) is 6.26 Å². The first-order chi connectivity index (χ1) is 10.5. The summed E-state index contributed by atoms with van der Waals surface area (Å²) in [7, 11) is 0. The van der Waals surface area contributed by atoms with E-state index in [-0.39, 0.29) is 5.41 Å². The minimum atomic E-state index is 0.266. The fourth-order valence-corrected chi connectivity index (χ4v) is 3.16. The SMILES string of the molecule is CCC1(C)COCCC1NCCN(Cc1ccco1)C(C)C. The first kappa shape index (κ1) is 17.5. The number of nitrogens with one attached hydrogen (secondary N) is 1. The Balaban J connectivity index is 1.82. The third-order valence-corrected chi connectivity index (χ3v) is 5.09. The molecule has 0 spiro atoms.